The summed E-state index contributed by atoms with van der Waals surface area (Å²) in [5.41, 5.74) is 0. The monoisotopic (exact) mass is 229 g/mol. The lowest BCUT2D eigenvalue weighted by Gasteiger charge is -2.26. The van der Waals surface area contributed by atoms with Crippen molar-refractivity contribution in [3.8, 4) is 0 Å². The number of morpholine rings is 1. The highest BCUT2D eigenvalue weighted by molar-refractivity contribution is 7.81. The van der Waals surface area contributed by atoms with Crippen LogP contribution in [-0.2, 0) is 18.5 Å². The van der Waals surface area contributed by atoms with Crippen molar-refractivity contribution in [3.05, 3.63) is 0 Å². The second-order valence-corrected chi connectivity index (χ2v) is 5.00. The van der Waals surface area contributed by atoms with Gasteiger partial charge < -0.3 is 4.74 Å². The molecule has 1 unspecified atom stereocenters. The van der Waals surface area contributed by atoms with E-state index in [1.54, 1.807) is 6.92 Å². The molecule has 0 aromatic carbocycles. The van der Waals surface area contributed by atoms with Gasteiger partial charge in [0.1, 0.15) is 0 Å². The molecule has 0 amide bonds. The molecule has 13 heavy (non-hydrogen) atoms. The number of hydrogen-bond donors (Lipinski definition) is 0. The predicted octanol–water partition coefficient (Wildman–Crippen LogP) is 1.63. The second-order valence-electron chi connectivity index (χ2n) is 2.47. The van der Waals surface area contributed by atoms with Crippen LogP contribution in [-0.4, -0.2) is 38.0 Å². The van der Waals surface area contributed by atoms with Gasteiger partial charge in [-0.2, -0.15) is 5.06 Å². The largest absolute Gasteiger partial charge is 0.440 e. The van der Waals surface area contributed by atoms with E-state index in [4.69, 9.17) is 25.1 Å². The standard InChI is InChI=1S/C6H13ClNO4P/c1-2-11-13(7,9)12-8-3-5-10-6-4-8/h2-6H2,1H3. The minimum Gasteiger partial charge on any atom is -0.379 e. The van der Waals surface area contributed by atoms with Crippen LogP contribution in [0, 0.1) is 0 Å². The Morgan fingerprint density at radius 2 is 2.15 bits per heavy atom. The molecular formula is C6H13ClNO4P. The molecule has 1 aliphatic heterocycles. The van der Waals surface area contributed by atoms with E-state index in [1.807, 2.05) is 0 Å². The van der Waals surface area contributed by atoms with Gasteiger partial charge in [0.05, 0.1) is 19.8 Å². The molecule has 0 radical (unpaired) electrons. The molecule has 1 heterocycles. The van der Waals surface area contributed by atoms with E-state index in [1.165, 1.54) is 5.06 Å². The topological polar surface area (TPSA) is 48.0 Å². The normalized spacial score (nSPS) is 24.2. The van der Waals surface area contributed by atoms with E-state index in [0.29, 0.717) is 26.3 Å². The van der Waals surface area contributed by atoms with E-state index >= 15 is 0 Å². The molecule has 0 saturated carbocycles. The average Bonchev–Trinajstić information content (AvgIpc) is 2.04. The summed E-state index contributed by atoms with van der Waals surface area (Å²) in [5, 5.41) is 1.51. The lowest BCUT2D eigenvalue weighted by atomic mass is 10.5. The van der Waals surface area contributed by atoms with Crippen LogP contribution in [0.3, 0.4) is 0 Å². The van der Waals surface area contributed by atoms with Crippen LogP contribution in [0.4, 0.5) is 0 Å². The summed E-state index contributed by atoms with van der Waals surface area (Å²) in [6.45, 7) is 0.792. The van der Waals surface area contributed by atoms with Crippen LogP contribution in [0.25, 0.3) is 0 Å². The Hall–Kier alpha value is 0.360. The molecule has 0 aromatic rings. The molecule has 0 N–H and O–H groups in total. The van der Waals surface area contributed by atoms with Crippen LogP contribution in [0.1, 0.15) is 6.92 Å². The highest BCUT2D eigenvalue weighted by atomic mass is 35.7. The molecule has 0 aromatic heterocycles. The van der Waals surface area contributed by atoms with Crippen molar-refractivity contribution >= 4 is 18.2 Å². The van der Waals surface area contributed by atoms with Gasteiger partial charge in [-0.15, -0.1) is 0 Å². The number of ether oxygens (including phenoxy) is 1. The fourth-order valence-corrected chi connectivity index (χ4v) is 2.29. The molecule has 0 bridgehead atoms. The fourth-order valence-electron chi connectivity index (χ4n) is 0.944. The number of hydrogen-bond acceptors (Lipinski definition) is 5. The molecule has 7 heteroatoms. The summed E-state index contributed by atoms with van der Waals surface area (Å²) in [4.78, 5) is 0. The number of nitrogens with zero attached hydrogens (tertiary/aromatic N) is 1. The summed E-state index contributed by atoms with van der Waals surface area (Å²) in [7, 11) is 0. The van der Waals surface area contributed by atoms with Crippen LogP contribution in [0.15, 0.2) is 0 Å². The van der Waals surface area contributed by atoms with Crippen LogP contribution < -0.4 is 0 Å². The van der Waals surface area contributed by atoms with Gasteiger partial charge in [0, 0.05) is 24.3 Å². The molecule has 1 rings (SSSR count). The van der Waals surface area contributed by atoms with E-state index in [0.717, 1.165) is 0 Å². The first-order valence-electron chi connectivity index (χ1n) is 4.10. The Balaban J connectivity index is 2.32. The first-order valence-corrected chi connectivity index (χ1v) is 6.55. The zero-order valence-electron chi connectivity index (χ0n) is 7.44. The summed E-state index contributed by atoms with van der Waals surface area (Å²) < 4.78 is 26.1. The molecule has 1 saturated heterocycles. The van der Waals surface area contributed by atoms with E-state index < -0.39 is 6.95 Å². The number of hydroxylamine groups is 2. The maximum absolute atomic E-state index is 11.3. The number of halogens is 1. The fraction of sp³-hybridized carbons (Fsp3) is 1.00. The third kappa shape index (κ3) is 4.40. The Morgan fingerprint density at radius 3 is 2.69 bits per heavy atom. The minimum absolute atomic E-state index is 0.269. The first-order chi connectivity index (χ1) is 6.14. The second kappa shape index (κ2) is 5.29. The molecule has 1 aliphatic rings. The third-order valence-electron chi connectivity index (χ3n) is 1.47. The first kappa shape index (κ1) is 11.4. The summed E-state index contributed by atoms with van der Waals surface area (Å²) in [6, 6.07) is 0. The van der Waals surface area contributed by atoms with Crippen molar-refractivity contribution in [1.29, 1.82) is 0 Å². The number of rotatable bonds is 4. The highest BCUT2D eigenvalue weighted by Crippen LogP contribution is 2.54. The van der Waals surface area contributed by atoms with Gasteiger partial charge in [0.2, 0.25) is 0 Å². The minimum atomic E-state index is -3.42. The van der Waals surface area contributed by atoms with Crippen molar-refractivity contribution in [2.75, 3.05) is 32.9 Å². The molecule has 1 atom stereocenters. The van der Waals surface area contributed by atoms with Gasteiger partial charge in [-0.1, -0.05) is 0 Å². The summed E-state index contributed by atoms with van der Waals surface area (Å²) in [6.07, 6.45) is 0. The Kier molecular flexibility index (Phi) is 4.66. The van der Waals surface area contributed by atoms with Gasteiger partial charge in [0.15, 0.2) is 0 Å². The van der Waals surface area contributed by atoms with Gasteiger partial charge in [-0.3, -0.25) is 4.52 Å². The quantitative estimate of drug-likeness (QED) is 0.686. The smallest absolute Gasteiger partial charge is 0.379 e. The van der Waals surface area contributed by atoms with E-state index in [2.05, 4.69) is 0 Å². The summed E-state index contributed by atoms with van der Waals surface area (Å²) >= 11 is 5.50. The maximum Gasteiger partial charge on any atom is 0.440 e. The molecular weight excluding hydrogens is 216 g/mol. The van der Waals surface area contributed by atoms with Crippen molar-refractivity contribution in [1.82, 2.24) is 5.06 Å². The molecule has 0 aliphatic carbocycles. The van der Waals surface area contributed by atoms with Crippen molar-refractivity contribution in [3.63, 3.8) is 0 Å². The van der Waals surface area contributed by atoms with Gasteiger partial charge >= 0.3 is 6.95 Å². The van der Waals surface area contributed by atoms with Crippen LogP contribution >= 0.6 is 18.2 Å². The molecule has 5 nitrogen and oxygen atoms in total. The van der Waals surface area contributed by atoms with E-state index in [-0.39, 0.29) is 6.61 Å². The van der Waals surface area contributed by atoms with Crippen molar-refractivity contribution in [2.24, 2.45) is 0 Å². The van der Waals surface area contributed by atoms with Crippen LogP contribution in [0.5, 0.6) is 0 Å². The van der Waals surface area contributed by atoms with Gasteiger partial charge in [-0.25, -0.2) is 9.19 Å². The predicted molar refractivity (Wildman–Crippen MR) is 48.6 cm³/mol. The lowest BCUT2D eigenvalue weighted by molar-refractivity contribution is -0.122. The van der Waals surface area contributed by atoms with E-state index in [9.17, 15) is 4.57 Å². The third-order valence-corrected chi connectivity index (χ3v) is 2.94. The van der Waals surface area contributed by atoms with Crippen molar-refractivity contribution in [2.45, 2.75) is 6.92 Å². The SMILES string of the molecule is CCOP(=O)(Cl)ON1CCOCC1. The molecule has 1 fully saturated rings. The average molecular weight is 230 g/mol. The lowest BCUT2D eigenvalue weighted by Crippen LogP contribution is -2.35. The molecule has 78 valence electrons. The highest BCUT2D eigenvalue weighted by Gasteiger charge is 2.25. The Morgan fingerprint density at radius 1 is 1.54 bits per heavy atom. The maximum atomic E-state index is 11.3. The summed E-state index contributed by atoms with van der Waals surface area (Å²) in [5.74, 6) is 0. The Bertz CT molecular complexity index is 197. The van der Waals surface area contributed by atoms with Crippen molar-refractivity contribution < 1.29 is 18.5 Å². The Labute approximate surface area is 82.2 Å². The zero-order valence-corrected chi connectivity index (χ0v) is 9.09. The van der Waals surface area contributed by atoms with Gasteiger partial charge in [-0.05, 0) is 6.92 Å². The van der Waals surface area contributed by atoms with Crippen LogP contribution in [0.2, 0.25) is 0 Å². The van der Waals surface area contributed by atoms with Gasteiger partial charge in [0.25, 0.3) is 0 Å². The zero-order chi connectivity index (χ0) is 9.73. The molecule has 0 spiro atoms.